The minimum atomic E-state index is -0.139. The van der Waals surface area contributed by atoms with Crippen molar-refractivity contribution < 1.29 is 14.3 Å². The number of hydrazone groups is 1. The van der Waals surface area contributed by atoms with E-state index in [2.05, 4.69) is 27.1 Å². The Balaban J connectivity index is 1.76. The van der Waals surface area contributed by atoms with Crippen molar-refractivity contribution in [1.82, 2.24) is 5.01 Å². The third kappa shape index (κ3) is 4.70. The summed E-state index contributed by atoms with van der Waals surface area (Å²) in [5.74, 6) is 1.24. The second-order valence-electron chi connectivity index (χ2n) is 5.64. The molecule has 1 saturated heterocycles. The standard InChI is InChI=1S/C19H14BrN3O3S2/c1-25-16-7-14(9-22-23-17(24)11-28-19(23)27)6-15(20)18(16)26-10-13-4-2-12(8-21)3-5-13/h2-7,9H,10-11H2,1H3/b22-9+. The number of thiocarbonyl (C=S) groups is 1. The lowest BCUT2D eigenvalue weighted by molar-refractivity contribution is -0.123. The minimum Gasteiger partial charge on any atom is -0.493 e. The van der Waals surface area contributed by atoms with Crippen LogP contribution in [0.25, 0.3) is 0 Å². The molecule has 3 rings (SSSR count). The summed E-state index contributed by atoms with van der Waals surface area (Å²) in [7, 11) is 1.55. The number of rotatable bonds is 6. The van der Waals surface area contributed by atoms with E-state index < -0.39 is 0 Å². The van der Waals surface area contributed by atoms with Crippen molar-refractivity contribution in [2.45, 2.75) is 6.61 Å². The average molecular weight is 476 g/mol. The summed E-state index contributed by atoms with van der Waals surface area (Å²) in [6.45, 7) is 0.321. The highest BCUT2D eigenvalue weighted by molar-refractivity contribution is 9.10. The number of methoxy groups -OCH3 is 1. The first-order valence-electron chi connectivity index (χ1n) is 8.05. The molecule has 1 aliphatic heterocycles. The fourth-order valence-electron chi connectivity index (χ4n) is 2.37. The number of benzene rings is 2. The smallest absolute Gasteiger partial charge is 0.259 e. The summed E-state index contributed by atoms with van der Waals surface area (Å²) in [6, 6.07) is 12.8. The monoisotopic (exact) mass is 475 g/mol. The molecule has 142 valence electrons. The Morgan fingerprint density at radius 1 is 1.39 bits per heavy atom. The number of thioether (sulfide) groups is 1. The molecule has 28 heavy (non-hydrogen) atoms. The number of hydrogen-bond acceptors (Lipinski definition) is 7. The van der Waals surface area contributed by atoms with Crippen molar-refractivity contribution in [1.29, 1.82) is 5.26 Å². The zero-order valence-corrected chi connectivity index (χ0v) is 17.9. The van der Waals surface area contributed by atoms with Gasteiger partial charge in [0.05, 0.1) is 35.2 Å². The molecule has 0 atom stereocenters. The molecule has 0 N–H and O–H groups in total. The summed E-state index contributed by atoms with van der Waals surface area (Å²) in [5, 5.41) is 14.2. The van der Waals surface area contributed by atoms with Gasteiger partial charge in [0.1, 0.15) is 6.61 Å². The Kier molecular flexibility index (Phi) is 6.67. The zero-order valence-electron chi connectivity index (χ0n) is 14.7. The van der Waals surface area contributed by atoms with Crippen LogP contribution in [-0.2, 0) is 11.4 Å². The van der Waals surface area contributed by atoms with Crippen molar-refractivity contribution in [3.05, 3.63) is 57.6 Å². The molecule has 9 heteroatoms. The fraction of sp³-hybridized carbons (Fsp3) is 0.158. The van der Waals surface area contributed by atoms with E-state index in [0.717, 1.165) is 11.1 Å². The normalized spacial score (nSPS) is 13.8. The molecule has 1 heterocycles. The lowest BCUT2D eigenvalue weighted by atomic mass is 10.1. The van der Waals surface area contributed by atoms with Gasteiger partial charge in [-0.05, 0) is 51.3 Å². The summed E-state index contributed by atoms with van der Waals surface area (Å²) in [6.07, 6.45) is 1.55. The molecule has 2 aromatic rings. The third-order valence-corrected chi connectivity index (χ3v) is 5.70. The number of ether oxygens (including phenoxy) is 2. The van der Waals surface area contributed by atoms with E-state index >= 15 is 0 Å². The lowest BCUT2D eigenvalue weighted by Gasteiger charge is -2.14. The topological polar surface area (TPSA) is 74.9 Å². The van der Waals surface area contributed by atoms with Gasteiger partial charge in [0.2, 0.25) is 0 Å². The number of carbonyl (C=O) groups is 1. The average Bonchev–Trinajstić information content (AvgIpc) is 3.03. The van der Waals surface area contributed by atoms with Gasteiger partial charge in [-0.15, -0.1) is 0 Å². The van der Waals surface area contributed by atoms with Crippen LogP contribution in [0.3, 0.4) is 0 Å². The highest BCUT2D eigenvalue weighted by Crippen LogP contribution is 2.37. The van der Waals surface area contributed by atoms with Gasteiger partial charge in [-0.3, -0.25) is 4.79 Å². The molecular weight excluding hydrogens is 462 g/mol. The molecule has 0 bridgehead atoms. The van der Waals surface area contributed by atoms with E-state index in [1.54, 1.807) is 31.5 Å². The number of carbonyl (C=O) groups excluding carboxylic acids is 1. The van der Waals surface area contributed by atoms with Gasteiger partial charge < -0.3 is 9.47 Å². The van der Waals surface area contributed by atoms with E-state index in [-0.39, 0.29) is 5.91 Å². The van der Waals surface area contributed by atoms with E-state index in [4.69, 9.17) is 27.0 Å². The number of halogens is 1. The Morgan fingerprint density at radius 2 is 2.14 bits per heavy atom. The summed E-state index contributed by atoms with van der Waals surface area (Å²) >= 11 is 9.89. The van der Waals surface area contributed by atoms with Crippen LogP contribution in [0, 0.1) is 11.3 Å². The van der Waals surface area contributed by atoms with Crippen LogP contribution in [0.4, 0.5) is 0 Å². The SMILES string of the molecule is COc1cc(/C=N/N2C(=O)CSC2=S)cc(Br)c1OCc1ccc(C#N)cc1. The molecule has 0 saturated carbocycles. The molecule has 0 aliphatic carbocycles. The maximum absolute atomic E-state index is 11.7. The van der Waals surface area contributed by atoms with Crippen molar-refractivity contribution in [2.24, 2.45) is 5.10 Å². The number of nitrogens with zero attached hydrogens (tertiary/aromatic N) is 3. The number of nitriles is 1. The maximum atomic E-state index is 11.7. The first-order valence-corrected chi connectivity index (χ1v) is 10.2. The highest BCUT2D eigenvalue weighted by atomic mass is 79.9. The van der Waals surface area contributed by atoms with E-state index in [1.165, 1.54) is 16.8 Å². The first-order chi connectivity index (χ1) is 13.5. The van der Waals surface area contributed by atoms with Gasteiger partial charge >= 0.3 is 0 Å². The van der Waals surface area contributed by atoms with Crippen molar-refractivity contribution >= 4 is 56.4 Å². The van der Waals surface area contributed by atoms with E-state index in [9.17, 15) is 4.79 Å². The Bertz CT molecular complexity index is 971. The molecular formula is C19H14BrN3O3S2. The second kappa shape index (κ2) is 9.19. The Labute approximate surface area is 180 Å². The molecule has 1 fully saturated rings. The summed E-state index contributed by atoms with van der Waals surface area (Å²) in [4.78, 5) is 11.7. The van der Waals surface area contributed by atoms with Gasteiger partial charge in [-0.2, -0.15) is 15.4 Å². The molecule has 1 amide bonds. The first kappa shape index (κ1) is 20.3. The molecule has 0 spiro atoms. The molecule has 0 radical (unpaired) electrons. The quantitative estimate of drug-likeness (QED) is 0.462. The lowest BCUT2D eigenvalue weighted by Crippen LogP contribution is -2.22. The predicted molar refractivity (Wildman–Crippen MR) is 116 cm³/mol. The van der Waals surface area contributed by atoms with E-state index in [0.29, 0.717) is 38.2 Å². The summed E-state index contributed by atoms with van der Waals surface area (Å²) in [5.41, 5.74) is 2.25. The largest absolute Gasteiger partial charge is 0.493 e. The minimum absolute atomic E-state index is 0.139. The molecule has 1 aliphatic rings. The van der Waals surface area contributed by atoms with Gasteiger partial charge in [0.25, 0.3) is 5.91 Å². The van der Waals surface area contributed by atoms with Crippen molar-refractivity contribution in [3.8, 4) is 17.6 Å². The molecule has 0 unspecified atom stereocenters. The van der Waals surface area contributed by atoms with Crippen LogP contribution in [-0.4, -0.2) is 34.3 Å². The number of amides is 1. The molecule has 6 nitrogen and oxygen atoms in total. The Morgan fingerprint density at radius 3 is 2.75 bits per heavy atom. The predicted octanol–water partition coefficient (Wildman–Crippen LogP) is 4.10. The highest BCUT2D eigenvalue weighted by Gasteiger charge is 2.26. The number of hydrogen-bond donors (Lipinski definition) is 0. The molecule has 0 aromatic heterocycles. The second-order valence-corrected chi connectivity index (χ2v) is 8.10. The van der Waals surface area contributed by atoms with Crippen LogP contribution in [0.5, 0.6) is 11.5 Å². The van der Waals surface area contributed by atoms with Crippen LogP contribution in [0.15, 0.2) is 46.0 Å². The van der Waals surface area contributed by atoms with E-state index in [1.807, 2.05) is 18.2 Å². The van der Waals surface area contributed by atoms with Gasteiger partial charge in [0.15, 0.2) is 15.8 Å². The van der Waals surface area contributed by atoms with Crippen LogP contribution in [0.1, 0.15) is 16.7 Å². The third-order valence-electron chi connectivity index (χ3n) is 3.77. The Hall–Kier alpha value is -2.41. The fourth-order valence-corrected chi connectivity index (χ4v) is 3.91. The van der Waals surface area contributed by atoms with Gasteiger partial charge in [0, 0.05) is 0 Å². The molecule has 2 aromatic carbocycles. The van der Waals surface area contributed by atoms with Crippen LogP contribution < -0.4 is 9.47 Å². The zero-order chi connectivity index (χ0) is 20.1. The maximum Gasteiger partial charge on any atom is 0.259 e. The van der Waals surface area contributed by atoms with Gasteiger partial charge in [-0.1, -0.05) is 36.1 Å². The van der Waals surface area contributed by atoms with Crippen molar-refractivity contribution in [2.75, 3.05) is 12.9 Å². The van der Waals surface area contributed by atoms with Gasteiger partial charge in [-0.25, -0.2) is 0 Å². The summed E-state index contributed by atoms with van der Waals surface area (Å²) < 4.78 is 12.5. The van der Waals surface area contributed by atoms with Crippen molar-refractivity contribution in [3.63, 3.8) is 0 Å². The van der Waals surface area contributed by atoms with Crippen LogP contribution in [0.2, 0.25) is 0 Å². The van der Waals surface area contributed by atoms with Crippen LogP contribution >= 0.6 is 39.9 Å².